The number of aryl methyl sites for hydroxylation is 2. The Balaban J connectivity index is 1.99. The third-order valence-corrected chi connectivity index (χ3v) is 4.80. The molecule has 0 atom stereocenters. The lowest BCUT2D eigenvalue weighted by Crippen LogP contribution is -2.19. The quantitative estimate of drug-likeness (QED) is 0.440. The minimum absolute atomic E-state index is 0.0817. The summed E-state index contributed by atoms with van der Waals surface area (Å²) < 4.78 is 0. The lowest BCUT2D eigenvalue weighted by atomic mass is 10.1. The Kier molecular flexibility index (Phi) is 5.33. The first-order valence-electron chi connectivity index (χ1n) is 8.17. The summed E-state index contributed by atoms with van der Waals surface area (Å²) in [5, 5.41) is 35.0. The zero-order valence-electron chi connectivity index (χ0n) is 15.2. The number of amides is 1. The molecule has 29 heavy (non-hydrogen) atoms. The van der Waals surface area contributed by atoms with Gasteiger partial charge in [0.2, 0.25) is 5.75 Å². The number of non-ortho nitro benzene ring substituents is 1. The maximum Gasteiger partial charge on any atom is 0.318 e. The Hall–Kier alpha value is -3.73. The smallest absolute Gasteiger partial charge is 0.318 e. The van der Waals surface area contributed by atoms with E-state index in [0.29, 0.717) is 11.8 Å². The highest BCUT2D eigenvalue weighted by atomic mass is 32.2. The standard InChI is InChI=1S/C18H14N4O6S/c1-9-3-10(2)5-12(4-9)19-18-20-17(24)15(29-18)7-11-6-13(21(25)26)8-14(16(11)23)22(27)28/h3-8,23H,1-2H3,(H,19,20,24)/b15-7+. The molecule has 0 radical (unpaired) electrons. The third-order valence-electron chi connectivity index (χ3n) is 3.89. The molecular weight excluding hydrogens is 400 g/mol. The fourth-order valence-electron chi connectivity index (χ4n) is 2.73. The van der Waals surface area contributed by atoms with Crippen molar-refractivity contribution in [1.29, 1.82) is 0 Å². The molecule has 1 saturated heterocycles. The topological polar surface area (TPSA) is 148 Å². The molecule has 0 spiro atoms. The van der Waals surface area contributed by atoms with Gasteiger partial charge in [-0.1, -0.05) is 6.07 Å². The van der Waals surface area contributed by atoms with E-state index in [1.807, 2.05) is 32.0 Å². The molecule has 3 rings (SSSR count). The van der Waals surface area contributed by atoms with E-state index in [0.717, 1.165) is 35.0 Å². The lowest BCUT2D eigenvalue weighted by molar-refractivity contribution is -0.394. The largest absolute Gasteiger partial charge is 0.502 e. The van der Waals surface area contributed by atoms with Crippen molar-refractivity contribution in [2.45, 2.75) is 13.8 Å². The van der Waals surface area contributed by atoms with Crippen LogP contribution in [0.2, 0.25) is 0 Å². The number of phenols is 1. The summed E-state index contributed by atoms with van der Waals surface area (Å²) in [6.07, 6.45) is 1.15. The van der Waals surface area contributed by atoms with E-state index in [1.54, 1.807) is 0 Å². The van der Waals surface area contributed by atoms with Crippen LogP contribution in [-0.4, -0.2) is 26.0 Å². The molecule has 2 N–H and O–H groups in total. The molecule has 1 aliphatic rings. The number of carbonyl (C=O) groups is 1. The SMILES string of the molecule is Cc1cc(C)cc(N=C2NC(=O)/C(=C\c3cc([N+](=O)[O-])cc([N+](=O)[O-])c3O)S2)c1. The Bertz CT molecular complexity index is 1110. The highest BCUT2D eigenvalue weighted by Crippen LogP contribution is 2.37. The maximum atomic E-state index is 12.2. The number of nitrogens with one attached hydrogen (secondary N) is 1. The van der Waals surface area contributed by atoms with E-state index in [9.17, 15) is 30.1 Å². The van der Waals surface area contributed by atoms with Crippen molar-refractivity contribution in [3.8, 4) is 5.75 Å². The number of aliphatic imine (C=N–C) groups is 1. The van der Waals surface area contributed by atoms with E-state index in [2.05, 4.69) is 10.3 Å². The molecule has 0 unspecified atom stereocenters. The Morgan fingerprint density at radius 2 is 1.72 bits per heavy atom. The summed E-state index contributed by atoms with van der Waals surface area (Å²) >= 11 is 0.957. The van der Waals surface area contributed by atoms with Gasteiger partial charge in [0.05, 0.1) is 26.5 Å². The van der Waals surface area contributed by atoms with E-state index < -0.39 is 32.9 Å². The van der Waals surface area contributed by atoms with Gasteiger partial charge in [-0.25, -0.2) is 4.99 Å². The molecule has 0 saturated carbocycles. The molecular formula is C18H14N4O6S. The van der Waals surface area contributed by atoms with Crippen LogP contribution >= 0.6 is 11.8 Å². The number of nitrogens with zero attached hydrogens (tertiary/aromatic N) is 3. The predicted octanol–water partition coefficient (Wildman–Crippen LogP) is 3.72. The van der Waals surface area contributed by atoms with Crippen molar-refractivity contribution in [3.05, 3.63) is 72.2 Å². The van der Waals surface area contributed by atoms with Gasteiger partial charge in [0.25, 0.3) is 11.6 Å². The number of thioether (sulfide) groups is 1. The summed E-state index contributed by atoms with van der Waals surface area (Å²) in [4.78, 5) is 37.0. The molecule has 2 aromatic rings. The second-order valence-electron chi connectivity index (χ2n) is 6.24. The van der Waals surface area contributed by atoms with Gasteiger partial charge in [-0.05, 0) is 54.9 Å². The predicted molar refractivity (Wildman–Crippen MR) is 108 cm³/mol. The van der Waals surface area contributed by atoms with Gasteiger partial charge in [0, 0.05) is 11.6 Å². The fraction of sp³-hybridized carbons (Fsp3) is 0.111. The second kappa shape index (κ2) is 7.72. The number of carbonyl (C=O) groups excluding carboxylic acids is 1. The van der Waals surface area contributed by atoms with Gasteiger partial charge >= 0.3 is 5.69 Å². The summed E-state index contributed by atoms with van der Waals surface area (Å²) in [5.74, 6) is -1.30. The van der Waals surface area contributed by atoms with Crippen LogP contribution in [0.25, 0.3) is 6.08 Å². The van der Waals surface area contributed by atoms with Crippen LogP contribution in [0.1, 0.15) is 16.7 Å². The van der Waals surface area contributed by atoms with Crippen LogP contribution in [0.15, 0.2) is 40.2 Å². The molecule has 11 heteroatoms. The highest BCUT2D eigenvalue weighted by Gasteiger charge is 2.27. The highest BCUT2D eigenvalue weighted by molar-refractivity contribution is 8.18. The van der Waals surface area contributed by atoms with Crippen molar-refractivity contribution < 1.29 is 19.7 Å². The van der Waals surface area contributed by atoms with E-state index in [4.69, 9.17) is 0 Å². The van der Waals surface area contributed by atoms with Gasteiger partial charge < -0.3 is 10.4 Å². The van der Waals surface area contributed by atoms with Crippen LogP contribution in [0.3, 0.4) is 0 Å². The second-order valence-corrected chi connectivity index (χ2v) is 7.28. The normalized spacial score (nSPS) is 16.3. The zero-order valence-corrected chi connectivity index (χ0v) is 16.0. The number of hydrogen-bond acceptors (Lipinski definition) is 8. The molecule has 0 bridgehead atoms. The van der Waals surface area contributed by atoms with Gasteiger partial charge in [-0.2, -0.15) is 0 Å². The third kappa shape index (κ3) is 4.41. The van der Waals surface area contributed by atoms with Crippen LogP contribution < -0.4 is 5.32 Å². The molecule has 1 fully saturated rings. The van der Waals surface area contributed by atoms with Crippen LogP contribution in [0.4, 0.5) is 17.1 Å². The molecule has 148 valence electrons. The van der Waals surface area contributed by atoms with Crippen molar-refractivity contribution in [2.75, 3.05) is 0 Å². The first kappa shape index (κ1) is 20.0. The Labute approximate surface area is 168 Å². The molecule has 10 nitrogen and oxygen atoms in total. The molecule has 1 amide bonds. The maximum absolute atomic E-state index is 12.2. The van der Waals surface area contributed by atoms with E-state index in [-0.39, 0.29) is 15.6 Å². The fourth-order valence-corrected chi connectivity index (χ4v) is 3.57. The average molecular weight is 414 g/mol. The van der Waals surface area contributed by atoms with Crippen LogP contribution in [-0.2, 0) is 4.79 Å². The number of nitro benzene ring substituents is 2. The minimum atomic E-state index is -0.931. The van der Waals surface area contributed by atoms with Gasteiger partial charge in [-0.3, -0.25) is 25.0 Å². The Morgan fingerprint density at radius 3 is 2.31 bits per heavy atom. The molecule has 1 aliphatic heterocycles. The van der Waals surface area contributed by atoms with Crippen molar-refractivity contribution in [2.24, 2.45) is 4.99 Å². The molecule has 0 aliphatic carbocycles. The number of nitro groups is 2. The van der Waals surface area contributed by atoms with Crippen LogP contribution in [0, 0.1) is 34.1 Å². The van der Waals surface area contributed by atoms with Gasteiger partial charge in [-0.15, -0.1) is 0 Å². The van der Waals surface area contributed by atoms with E-state index >= 15 is 0 Å². The number of benzene rings is 2. The number of rotatable bonds is 4. The van der Waals surface area contributed by atoms with Crippen molar-refractivity contribution in [1.82, 2.24) is 5.32 Å². The summed E-state index contributed by atoms with van der Waals surface area (Å²) in [5.41, 5.74) is 1.04. The Morgan fingerprint density at radius 1 is 1.07 bits per heavy atom. The summed E-state index contributed by atoms with van der Waals surface area (Å²) in [6, 6.07) is 7.27. The number of phenolic OH excluding ortho intramolecular Hbond substituents is 1. The zero-order chi connectivity index (χ0) is 21.3. The monoisotopic (exact) mass is 414 g/mol. The first-order valence-corrected chi connectivity index (χ1v) is 8.99. The van der Waals surface area contributed by atoms with Gasteiger partial charge in [0.1, 0.15) is 0 Å². The molecule has 0 aromatic heterocycles. The van der Waals surface area contributed by atoms with Crippen molar-refractivity contribution in [3.63, 3.8) is 0 Å². The van der Waals surface area contributed by atoms with Gasteiger partial charge in [0.15, 0.2) is 5.17 Å². The number of aromatic hydroxyl groups is 1. The lowest BCUT2D eigenvalue weighted by Gasteiger charge is -2.02. The summed E-state index contributed by atoms with van der Waals surface area (Å²) in [6.45, 7) is 3.83. The average Bonchev–Trinajstić information content (AvgIpc) is 2.94. The summed E-state index contributed by atoms with van der Waals surface area (Å²) in [7, 11) is 0. The van der Waals surface area contributed by atoms with Crippen molar-refractivity contribution >= 4 is 46.0 Å². The number of amidine groups is 1. The first-order chi connectivity index (χ1) is 13.6. The number of hydrogen-bond donors (Lipinski definition) is 2. The molecule has 1 heterocycles. The minimum Gasteiger partial charge on any atom is -0.502 e. The molecule has 2 aromatic carbocycles. The van der Waals surface area contributed by atoms with Crippen LogP contribution in [0.5, 0.6) is 5.75 Å². The van der Waals surface area contributed by atoms with E-state index in [1.165, 1.54) is 0 Å².